The van der Waals surface area contributed by atoms with Crippen LogP contribution in [0.5, 0.6) is 5.75 Å². The van der Waals surface area contributed by atoms with Crippen molar-refractivity contribution in [2.24, 2.45) is 7.05 Å². The highest BCUT2D eigenvalue weighted by Gasteiger charge is 2.36. The van der Waals surface area contributed by atoms with E-state index in [9.17, 15) is 18.0 Å². The molecule has 41 heavy (non-hydrogen) atoms. The quantitative estimate of drug-likeness (QED) is 0.305. The van der Waals surface area contributed by atoms with Crippen LogP contribution in [0, 0.1) is 0 Å². The number of halogens is 3. The number of para-hydroxylation sites is 1. The number of ether oxygens (including phenoxy) is 1. The van der Waals surface area contributed by atoms with Gasteiger partial charge in [0.25, 0.3) is 0 Å². The molecule has 0 aliphatic carbocycles. The zero-order valence-corrected chi connectivity index (χ0v) is 23.5. The highest BCUT2D eigenvalue weighted by atomic mass is 19.4. The molecule has 1 atom stereocenters. The number of likely N-dealkylation sites (N-methyl/N-ethyl adjacent to an activating group) is 1. The summed E-state index contributed by atoms with van der Waals surface area (Å²) < 4.78 is 49.5. The van der Waals surface area contributed by atoms with Crippen molar-refractivity contribution in [3.63, 3.8) is 0 Å². The standard InChI is InChI=1S/C29H32F3N7O2/c1-17(40)34-23-13-18(9-10-24(23)39-12-11-19(15-39)37(2)3)35-28-33-14-22(29(30,31)32)26(36-28)21-16-38(4)27-20(21)7-6-8-25(27)41-5/h6-10,13-14,16,19H,11-12,15H2,1-5H3,(H,34,40)(H,33,35,36)/t19-/m1/s1. The average Bonchev–Trinajstić information content (AvgIpc) is 3.53. The molecule has 0 bridgehead atoms. The van der Waals surface area contributed by atoms with Crippen molar-refractivity contribution >= 4 is 39.8 Å². The van der Waals surface area contributed by atoms with Crippen molar-refractivity contribution in [3.05, 3.63) is 54.4 Å². The summed E-state index contributed by atoms with van der Waals surface area (Å²) in [5.41, 5.74) is 1.74. The van der Waals surface area contributed by atoms with E-state index >= 15 is 0 Å². The molecule has 216 valence electrons. The van der Waals surface area contributed by atoms with E-state index in [2.05, 4.69) is 30.4 Å². The van der Waals surface area contributed by atoms with Crippen LogP contribution in [0.3, 0.4) is 0 Å². The molecule has 3 heterocycles. The zero-order valence-electron chi connectivity index (χ0n) is 23.5. The van der Waals surface area contributed by atoms with Gasteiger partial charge in [-0.2, -0.15) is 13.2 Å². The number of carbonyl (C=O) groups is 1. The van der Waals surface area contributed by atoms with E-state index in [0.29, 0.717) is 39.6 Å². The van der Waals surface area contributed by atoms with Gasteiger partial charge >= 0.3 is 6.18 Å². The predicted molar refractivity (Wildman–Crippen MR) is 154 cm³/mol. The van der Waals surface area contributed by atoms with Crippen LogP contribution in [-0.4, -0.2) is 65.7 Å². The summed E-state index contributed by atoms with van der Waals surface area (Å²) in [6.45, 7) is 3.08. The summed E-state index contributed by atoms with van der Waals surface area (Å²) in [4.78, 5) is 24.7. The van der Waals surface area contributed by atoms with Gasteiger partial charge in [0.2, 0.25) is 11.9 Å². The van der Waals surface area contributed by atoms with Crippen LogP contribution in [0.4, 0.5) is 36.2 Å². The number of hydrogen-bond donors (Lipinski definition) is 2. The number of aromatic nitrogens is 3. The van der Waals surface area contributed by atoms with Crippen LogP contribution in [0.1, 0.15) is 18.9 Å². The maximum Gasteiger partial charge on any atom is 0.419 e. The van der Waals surface area contributed by atoms with Gasteiger partial charge in [-0.3, -0.25) is 4.79 Å². The number of aryl methyl sites for hydroxylation is 1. The minimum Gasteiger partial charge on any atom is -0.495 e. The first-order valence-corrected chi connectivity index (χ1v) is 13.1. The van der Waals surface area contributed by atoms with Gasteiger partial charge in [0.05, 0.1) is 29.7 Å². The molecule has 1 fully saturated rings. The number of rotatable bonds is 7. The topological polar surface area (TPSA) is 87.6 Å². The van der Waals surface area contributed by atoms with Gasteiger partial charge in [-0.25, -0.2) is 9.97 Å². The van der Waals surface area contributed by atoms with E-state index < -0.39 is 11.7 Å². The molecule has 1 saturated heterocycles. The highest BCUT2D eigenvalue weighted by molar-refractivity contribution is 5.99. The number of benzene rings is 2. The van der Waals surface area contributed by atoms with Gasteiger partial charge in [0.15, 0.2) is 0 Å². The third-order valence-electron chi connectivity index (χ3n) is 7.33. The van der Waals surface area contributed by atoms with E-state index in [1.54, 1.807) is 48.1 Å². The summed E-state index contributed by atoms with van der Waals surface area (Å²) in [6, 6.07) is 11.0. The van der Waals surface area contributed by atoms with Crippen LogP contribution in [0.25, 0.3) is 22.2 Å². The molecular weight excluding hydrogens is 535 g/mol. The van der Waals surface area contributed by atoms with Crippen LogP contribution in [-0.2, 0) is 18.0 Å². The number of anilines is 4. The lowest BCUT2D eigenvalue weighted by Gasteiger charge is -2.24. The maximum atomic E-state index is 14.1. The minimum atomic E-state index is -4.67. The summed E-state index contributed by atoms with van der Waals surface area (Å²) in [5, 5.41) is 6.48. The Kier molecular flexibility index (Phi) is 7.52. The number of alkyl halides is 3. The Bertz CT molecular complexity index is 1600. The third-order valence-corrected chi connectivity index (χ3v) is 7.33. The van der Waals surface area contributed by atoms with Crippen molar-refractivity contribution in [1.29, 1.82) is 0 Å². The SMILES string of the molecule is COc1cccc2c(-c3nc(Nc4ccc(N5CC[C@@H](N(C)C)C5)c(NC(C)=O)c4)ncc3C(F)(F)F)cn(C)c12. The number of hydrogen-bond acceptors (Lipinski definition) is 7. The molecule has 0 unspecified atom stereocenters. The van der Waals surface area contributed by atoms with Gasteiger partial charge in [-0.05, 0) is 44.8 Å². The smallest absolute Gasteiger partial charge is 0.419 e. The molecule has 1 aliphatic rings. The largest absolute Gasteiger partial charge is 0.495 e. The van der Waals surface area contributed by atoms with E-state index in [4.69, 9.17) is 4.74 Å². The molecule has 0 spiro atoms. The second-order valence-corrected chi connectivity index (χ2v) is 10.4. The number of methoxy groups -OCH3 is 1. The van der Waals surface area contributed by atoms with E-state index in [0.717, 1.165) is 31.4 Å². The van der Waals surface area contributed by atoms with Gasteiger partial charge in [-0.15, -0.1) is 0 Å². The predicted octanol–water partition coefficient (Wildman–Crippen LogP) is 5.51. The van der Waals surface area contributed by atoms with E-state index in [1.807, 2.05) is 20.2 Å². The summed E-state index contributed by atoms with van der Waals surface area (Å²) in [6.07, 6.45) is -1.28. The number of nitrogens with one attached hydrogen (secondary N) is 2. The molecule has 2 N–H and O–H groups in total. The van der Waals surface area contributed by atoms with Crippen molar-refractivity contribution in [3.8, 4) is 17.0 Å². The van der Waals surface area contributed by atoms with Crippen molar-refractivity contribution in [2.45, 2.75) is 25.6 Å². The molecule has 1 aliphatic heterocycles. The zero-order chi connectivity index (χ0) is 29.5. The summed E-state index contributed by atoms with van der Waals surface area (Å²) >= 11 is 0. The molecule has 12 heteroatoms. The van der Waals surface area contributed by atoms with Crippen LogP contribution < -0.4 is 20.3 Å². The first-order chi connectivity index (χ1) is 19.5. The number of fused-ring (bicyclic) bond motifs is 1. The Hall–Kier alpha value is -4.32. The molecule has 2 aromatic carbocycles. The summed E-state index contributed by atoms with van der Waals surface area (Å²) in [7, 11) is 7.35. The molecular formula is C29H32F3N7O2. The summed E-state index contributed by atoms with van der Waals surface area (Å²) in [5.74, 6) is 0.298. The fourth-order valence-corrected chi connectivity index (χ4v) is 5.33. The number of carbonyl (C=O) groups excluding carboxylic acids is 1. The Morgan fingerprint density at radius 3 is 2.63 bits per heavy atom. The van der Waals surface area contributed by atoms with Gasteiger partial charge in [-0.1, -0.05) is 12.1 Å². The number of nitrogens with zero attached hydrogens (tertiary/aromatic N) is 5. The molecule has 5 rings (SSSR count). The van der Waals surface area contributed by atoms with E-state index in [-0.39, 0.29) is 17.5 Å². The maximum absolute atomic E-state index is 14.1. The van der Waals surface area contributed by atoms with Crippen LogP contribution in [0.2, 0.25) is 0 Å². The second-order valence-electron chi connectivity index (χ2n) is 10.4. The average molecular weight is 568 g/mol. The fraction of sp³-hybridized carbons (Fsp3) is 0.345. The molecule has 2 aromatic heterocycles. The van der Waals surface area contributed by atoms with Gasteiger partial charge in [0.1, 0.15) is 11.3 Å². The Morgan fingerprint density at radius 1 is 1.20 bits per heavy atom. The Labute approximate surface area is 235 Å². The first kappa shape index (κ1) is 28.2. The fourth-order valence-electron chi connectivity index (χ4n) is 5.33. The van der Waals surface area contributed by atoms with Gasteiger partial charge in [0, 0.05) is 62.1 Å². The van der Waals surface area contributed by atoms with Crippen molar-refractivity contribution in [2.75, 3.05) is 49.8 Å². The lowest BCUT2D eigenvalue weighted by Crippen LogP contribution is -2.31. The Morgan fingerprint density at radius 2 is 1.98 bits per heavy atom. The van der Waals surface area contributed by atoms with Crippen LogP contribution >= 0.6 is 0 Å². The molecule has 0 saturated carbocycles. The highest BCUT2D eigenvalue weighted by Crippen LogP contribution is 2.41. The van der Waals surface area contributed by atoms with Crippen molar-refractivity contribution in [1.82, 2.24) is 19.4 Å². The lowest BCUT2D eigenvalue weighted by molar-refractivity contribution is -0.137. The second kappa shape index (κ2) is 10.9. The molecule has 0 radical (unpaired) electrons. The number of amides is 1. The van der Waals surface area contributed by atoms with Crippen LogP contribution in [0.15, 0.2) is 48.8 Å². The first-order valence-electron chi connectivity index (χ1n) is 13.1. The van der Waals surface area contributed by atoms with Crippen molar-refractivity contribution < 1.29 is 22.7 Å². The Balaban J connectivity index is 1.54. The monoisotopic (exact) mass is 567 g/mol. The normalized spacial score (nSPS) is 15.5. The molecule has 4 aromatic rings. The van der Waals surface area contributed by atoms with E-state index in [1.165, 1.54) is 14.0 Å². The molecule has 1 amide bonds. The third kappa shape index (κ3) is 5.64. The minimum absolute atomic E-state index is 0.0109. The van der Waals surface area contributed by atoms with Gasteiger partial charge < -0.3 is 29.7 Å². The lowest BCUT2D eigenvalue weighted by atomic mass is 10.1. The molecule has 9 nitrogen and oxygen atoms in total.